The van der Waals surface area contributed by atoms with Crippen LogP contribution in [0.2, 0.25) is 0 Å². The van der Waals surface area contributed by atoms with Gasteiger partial charge in [-0.3, -0.25) is 4.79 Å². The Morgan fingerprint density at radius 2 is 2.00 bits per heavy atom. The molecule has 0 unspecified atom stereocenters. The van der Waals surface area contributed by atoms with Crippen LogP contribution in [0.25, 0.3) is 0 Å². The molecule has 0 N–H and O–H groups in total. The Labute approximate surface area is 104 Å². The monoisotopic (exact) mass is 234 g/mol. The summed E-state index contributed by atoms with van der Waals surface area (Å²) >= 11 is 0. The van der Waals surface area contributed by atoms with Crippen LogP contribution < -0.4 is 4.74 Å². The van der Waals surface area contributed by atoms with E-state index in [1.807, 2.05) is 18.2 Å². The van der Waals surface area contributed by atoms with Gasteiger partial charge in [-0.05, 0) is 17.9 Å². The molecule has 0 fully saturated rings. The van der Waals surface area contributed by atoms with Crippen LogP contribution in [0.3, 0.4) is 0 Å². The molecule has 0 spiro atoms. The molecule has 0 bridgehead atoms. The molecule has 94 valence electrons. The van der Waals surface area contributed by atoms with E-state index in [2.05, 4.69) is 27.7 Å². The Bertz CT molecular complexity index is 375. The van der Waals surface area contributed by atoms with Gasteiger partial charge in [-0.15, -0.1) is 0 Å². The lowest BCUT2D eigenvalue weighted by atomic mass is 9.85. The average molecular weight is 234 g/mol. The third-order valence-corrected chi connectivity index (χ3v) is 2.72. The number of ether oxygens (including phenoxy) is 1. The molecule has 2 heteroatoms. The second kappa shape index (κ2) is 5.85. The maximum Gasteiger partial charge on any atom is 0.153 e. The predicted molar refractivity (Wildman–Crippen MR) is 70.9 cm³/mol. The van der Waals surface area contributed by atoms with Crippen molar-refractivity contribution in [1.82, 2.24) is 0 Å². The largest absolute Gasteiger partial charge is 0.493 e. The van der Waals surface area contributed by atoms with Gasteiger partial charge >= 0.3 is 0 Å². The summed E-state index contributed by atoms with van der Waals surface area (Å²) in [6.07, 6.45) is 2.97. The number of para-hydroxylation sites is 1. The van der Waals surface area contributed by atoms with Crippen molar-refractivity contribution in [2.45, 2.75) is 46.0 Å². The van der Waals surface area contributed by atoms with E-state index in [0.29, 0.717) is 12.2 Å². The summed E-state index contributed by atoms with van der Waals surface area (Å²) in [6, 6.07) is 5.76. The molecule has 0 aromatic heterocycles. The van der Waals surface area contributed by atoms with Crippen molar-refractivity contribution in [1.29, 1.82) is 0 Å². The van der Waals surface area contributed by atoms with Gasteiger partial charge in [0.25, 0.3) is 0 Å². The van der Waals surface area contributed by atoms with Crippen LogP contribution in [0, 0.1) is 0 Å². The summed E-state index contributed by atoms with van der Waals surface area (Å²) in [7, 11) is 0. The summed E-state index contributed by atoms with van der Waals surface area (Å²) in [4.78, 5) is 11.1. The molecule has 1 rings (SSSR count). The van der Waals surface area contributed by atoms with Crippen LogP contribution in [0.15, 0.2) is 18.2 Å². The molecule has 1 aromatic carbocycles. The maximum absolute atomic E-state index is 11.1. The van der Waals surface area contributed by atoms with Crippen molar-refractivity contribution in [2.24, 2.45) is 0 Å². The third kappa shape index (κ3) is 3.58. The number of hydrogen-bond acceptors (Lipinski definition) is 2. The Morgan fingerprint density at radius 3 is 2.53 bits per heavy atom. The fourth-order valence-electron chi connectivity index (χ4n) is 1.72. The zero-order valence-electron chi connectivity index (χ0n) is 11.2. The van der Waals surface area contributed by atoms with E-state index in [9.17, 15) is 4.79 Å². The summed E-state index contributed by atoms with van der Waals surface area (Å²) in [5.41, 5.74) is 1.73. The zero-order chi connectivity index (χ0) is 12.9. The van der Waals surface area contributed by atoms with Crippen LogP contribution in [0.1, 0.15) is 56.5 Å². The summed E-state index contributed by atoms with van der Waals surface area (Å²) in [5, 5.41) is 0. The molecule has 0 atom stereocenters. The number of rotatable bonds is 5. The number of aldehydes is 1. The van der Waals surface area contributed by atoms with Gasteiger partial charge in [-0.1, -0.05) is 46.2 Å². The van der Waals surface area contributed by atoms with Gasteiger partial charge in [0.1, 0.15) is 5.75 Å². The topological polar surface area (TPSA) is 26.3 Å². The highest BCUT2D eigenvalue weighted by Crippen LogP contribution is 2.33. The second-order valence-electron chi connectivity index (χ2n) is 5.29. The van der Waals surface area contributed by atoms with Gasteiger partial charge < -0.3 is 4.74 Å². The first kappa shape index (κ1) is 13.8. The van der Waals surface area contributed by atoms with Gasteiger partial charge in [0.05, 0.1) is 12.2 Å². The molecule has 0 aliphatic carbocycles. The zero-order valence-corrected chi connectivity index (χ0v) is 11.2. The average Bonchev–Trinajstić information content (AvgIpc) is 2.28. The summed E-state index contributed by atoms with van der Waals surface area (Å²) in [6.45, 7) is 9.18. The molecule has 0 heterocycles. The van der Waals surface area contributed by atoms with E-state index >= 15 is 0 Å². The first-order chi connectivity index (χ1) is 8.00. The summed E-state index contributed by atoms with van der Waals surface area (Å²) in [5.74, 6) is 0.753. The van der Waals surface area contributed by atoms with Crippen molar-refractivity contribution >= 4 is 6.29 Å². The minimum Gasteiger partial charge on any atom is -0.493 e. The molecule has 0 saturated carbocycles. The number of unbranched alkanes of at least 4 members (excludes halogenated alkanes) is 1. The number of carbonyl (C=O) groups excluding carboxylic acids is 1. The number of hydrogen-bond donors (Lipinski definition) is 0. The van der Waals surface area contributed by atoms with Gasteiger partial charge in [-0.25, -0.2) is 0 Å². The van der Waals surface area contributed by atoms with Gasteiger partial charge in [0.2, 0.25) is 0 Å². The van der Waals surface area contributed by atoms with Crippen LogP contribution in [0.4, 0.5) is 0 Å². The molecule has 0 amide bonds. The molecule has 0 radical (unpaired) electrons. The predicted octanol–water partition coefficient (Wildman–Crippen LogP) is 3.98. The van der Waals surface area contributed by atoms with E-state index in [-0.39, 0.29) is 5.41 Å². The molecule has 17 heavy (non-hydrogen) atoms. The minimum atomic E-state index is -0.0133. The van der Waals surface area contributed by atoms with E-state index in [1.165, 1.54) is 0 Å². The van der Waals surface area contributed by atoms with Crippen LogP contribution in [0.5, 0.6) is 5.75 Å². The number of carbonyl (C=O) groups is 1. The highest BCUT2D eigenvalue weighted by molar-refractivity contribution is 5.80. The molecule has 0 aliphatic heterocycles. The van der Waals surface area contributed by atoms with Crippen molar-refractivity contribution in [2.75, 3.05) is 6.61 Å². The Morgan fingerprint density at radius 1 is 1.29 bits per heavy atom. The van der Waals surface area contributed by atoms with Crippen LogP contribution >= 0.6 is 0 Å². The fourth-order valence-corrected chi connectivity index (χ4v) is 1.72. The van der Waals surface area contributed by atoms with Gasteiger partial charge in [0, 0.05) is 5.56 Å². The molecular weight excluding hydrogens is 212 g/mol. The number of benzene rings is 1. The molecule has 0 aliphatic rings. The molecule has 0 saturated heterocycles. The third-order valence-electron chi connectivity index (χ3n) is 2.72. The van der Waals surface area contributed by atoms with Crippen molar-refractivity contribution in [3.63, 3.8) is 0 Å². The SMILES string of the molecule is CCCCOc1c(C=O)cccc1C(C)(C)C. The molecule has 2 nitrogen and oxygen atoms in total. The standard InChI is InChI=1S/C15H22O2/c1-5-6-10-17-14-12(11-16)8-7-9-13(14)15(2,3)4/h7-9,11H,5-6,10H2,1-4H3. The van der Waals surface area contributed by atoms with Gasteiger partial charge in [-0.2, -0.15) is 0 Å². The maximum atomic E-state index is 11.1. The normalized spacial score (nSPS) is 11.3. The minimum absolute atomic E-state index is 0.0133. The van der Waals surface area contributed by atoms with E-state index in [0.717, 1.165) is 30.4 Å². The lowest BCUT2D eigenvalue weighted by Crippen LogP contribution is -2.15. The van der Waals surface area contributed by atoms with E-state index in [1.54, 1.807) is 0 Å². The lowest BCUT2D eigenvalue weighted by molar-refractivity contribution is 0.111. The first-order valence-corrected chi connectivity index (χ1v) is 6.22. The van der Waals surface area contributed by atoms with Crippen LogP contribution in [-0.4, -0.2) is 12.9 Å². The molecule has 1 aromatic rings. The first-order valence-electron chi connectivity index (χ1n) is 6.22. The summed E-state index contributed by atoms with van der Waals surface area (Å²) < 4.78 is 5.79. The Hall–Kier alpha value is -1.31. The van der Waals surface area contributed by atoms with Crippen molar-refractivity contribution in [3.8, 4) is 5.75 Å². The smallest absolute Gasteiger partial charge is 0.153 e. The van der Waals surface area contributed by atoms with E-state index in [4.69, 9.17) is 4.74 Å². The Kier molecular flexibility index (Phi) is 4.73. The van der Waals surface area contributed by atoms with E-state index < -0.39 is 0 Å². The second-order valence-corrected chi connectivity index (χ2v) is 5.29. The Balaban J connectivity index is 3.07. The van der Waals surface area contributed by atoms with Gasteiger partial charge in [0.15, 0.2) is 6.29 Å². The molecular formula is C15H22O2. The highest BCUT2D eigenvalue weighted by Gasteiger charge is 2.20. The van der Waals surface area contributed by atoms with Crippen molar-refractivity contribution < 1.29 is 9.53 Å². The quantitative estimate of drug-likeness (QED) is 0.569. The van der Waals surface area contributed by atoms with Crippen molar-refractivity contribution in [3.05, 3.63) is 29.3 Å². The highest BCUT2D eigenvalue weighted by atomic mass is 16.5. The fraction of sp³-hybridized carbons (Fsp3) is 0.533. The lowest BCUT2D eigenvalue weighted by Gasteiger charge is -2.23. The van der Waals surface area contributed by atoms with Crippen LogP contribution in [-0.2, 0) is 5.41 Å².